The van der Waals surface area contributed by atoms with E-state index in [2.05, 4.69) is 0 Å². The van der Waals surface area contributed by atoms with E-state index in [1.54, 1.807) is 0 Å². The largest absolute Gasteiger partial charge is 0.561 e. The van der Waals surface area contributed by atoms with Crippen molar-refractivity contribution in [1.29, 1.82) is 0 Å². The summed E-state index contributed by atoms with van der Waals surface area (Å²) in [7, 11) is 0. The first-order chi connectivity index (χ1) is 4.61. The number of hydrogen-bond acceptors (Lipinski definition) is 2. The van der Waals surface area contributed by atoms with Crippen molar-refractivity contribution >= 4 is 12.4 Å². The van der Waals surface area contributed by atoms with Gasteiger partial charge >= 0.3 is 0 Å². The number of allylic oxidation sites excluding steroid dienone is 2. The molecule has 0 unspecified atom stereocenters. The first kappa shape index (κ1) is 6.80. The molecular weight excluding hydrogens is 132 g/mol. The molecule has 0 aromatic carbocycles. The molecule has 0 aromatic heterocycles. The summed E-state index contributed by atoms with van der Waals surface area (Å²) in [5, 5.41) is 21.0. The van der Waals surface area contributed by atoms with Crippen LogP contribution in [0, 0.1) is 10.4 Å². The van der Waals surface area contributed by atoms with Gasteiger partial charge in [0, 0.05) is 0 Å². The maximum Gasteiger partial charge on any atom is 0.266 e. The Labute approximate surface area is 58.5 Å². The van der Waals surface area contributed by atoms with Crippen LogP contribution in [0.3, 0.4) is 0 Å². The van der Waals surface area contributed by atoms with Gasteiger partial charge in [0.15, 0.2) is 0 Å². The van der Waals surface area contributed by atoms with Crippen LogP contribution in [-0.2, 0) is 0 Å². The first-order valence-corrected chi connectivity index (χ1v) is 2.91. The van der Waals surface area contributed by atoms with E-state index >= 15 is 0 Å². The number of hydrogen-bond donors (Lipinski definition) is 0. The summed E-state index contributed by atoms with van der Waals surface area (Å²) in [6.07, 6.45) is 2.50. The molecule has 0 saturated carbocycles. The number of rotatable bonds is 0. The van der Waals surface area contributed by atoms with Crippen LogP contribution in [0.1, 0.15) is 13.8 Å². The Bertz CT molecular complexity index is 226. The van der Waals surface area contributed by atoms with E-state index in [4.69, 9.17) is 0 Å². The van der Waals surface area contributed by atoms with Gasteiger partial charge in [0.2, 0.25) is 0 Å². The van der Waals surface area contributed by atoms with Gasteiger partial charge in [-0.15, -0.1) is 0 Å². The third kappa shape index (κ3) is 1.00. The van der Waals surface area contributed by atoms with E-state index in [0.717, 1.165) is 5.57 Å². The average molecular weight is 140 g/mol. The topological polar surface area (TPSA) is 52.1 Å². The highest BCUT2D eigenvalue weighted by Gasteiger charge is 2.17. The molecule has 1 aliphatic heterocycles. The fraction of sp³-hybridized carbons (Fsp3) is 0.333. The monoisotopic (exact) mass is 140 g/mol. The molecule has 0 atom stereocenters. The van der Waals surface area contributed by atoms with E-state index < -0.39 is 0 Å². The molecule has 10 heavy (non-hydrogen) atoms. The summed E-state index contributed by atoms with van der Waals surface area (Å²) in [4.78, 5) is 0.505. The third-order valence-electron chi connectivity index (χ3n) is 1.27. The van der Waals surface area contributed by atoms with Gasteiger partial charge < -0.3 is 10.4 Å². The molecule has 0 saturated heterocycles. The highest BCUT2D eigenvalue weighted by molar-refractivity contribution is 6.02. The lowest BCUT2D eigenvalue weighted by atomic mass is 10.2. The van der Waals surface area contributed by atoms with Crippen LogP contribution in [0.5, 0.6) is 0 Å². The van der Waals surface area contributed by atoms with Crippen molar-refractivity contribution in [3.05, 3.63) is 21.6 Å². The Balaban J connectivity index is 3.05. The van der Waals surface area contributed by atoms with E-state index in [-0.39, 0.29) is 9.70 Å². The lowest BCUT2D eigenvalue weighted by molar-refractivity contribution is -1.05. The highest BCUT2D eigenvalue weighted by Crippen LogP contribution is 2.01. The van der Waals surface area contributed by atoms with Gasteiger partial charge in [-0.25, -0.2) is 0 Å². The van der Waals surface area contributed by atoms with E-state index in [0.29, 0.717) is 5.57 Å². The Morgan fingerprint density at radius 1 is 1.20 bits per heavy atom. The van der Waals surface area contributed by atoms with Gasteiger partial charge in [0.05, 0.1) is 9.70 Å². The summed E-state index contributed by atoms with van der Waals surface area (Å²) >= 11 is 0. The summed E-state index contributed by atoms with van der Waals surface area (Å²) in [6.45, 7) is 3.69. The van der Waals surface area contributed by atoms with Crippen molar-refractivity contribution in [3.63, 3.8) is 0 Å². The van der Waals surface area contributed by atoms with E-state index in [1.165, 1.54) is 12.4 Å². The second-order valence-electron chi connectivity index (χ2n) is 2.32. The predicted molar refractivity (Wildman–Crippen MR) is 37.8 cm³/mol. The molecule has 0 aromatic rings. The smallest absolute Gasteiger partial charge is 0.266 e. The van der Waals surface area contributed by atoms with Crippen molar-refractivity contribution in [2.45, 2.75) is 13.8 Å². The number of hydrazone groups is 2. The van der Waals surface area contributed by atoms with Crippen molar-refractivity contribution < 1.29 is 9.70 Å². The number of nitrogens with zero attached hydrogens (tertiary/aromatic N) is 2. The number of hydrazine groups is 1. The highest BCUT2D eigenvalue weighted by atomic mass is 16.7. The summed E-state index contributed by atoms with van der Waals surface area (Å²) < 4.78 is 0. The van der Waals surface area contributed by atoms with Gasteiger partial charge in [-0.05, 0) is 13.8 Å². The van der Waals surface area contributed by atoms with Crippen molar-refractivity contribution in [2.24, 2.45) is 0 Å². The van der Waals surface area contributed by atoms with Crippen LogP contribution in [0.15, 0.2) is 11.1 Å². The molecule has 0 N–H and O–H groups in total. The van der Waals surface area contributed by atoms with Crippen LogP contribution in [0.4, 0.5) is 0 Å². The molecule has 1 heterocycles. The minimum absolute atomic E-state index is 0.252. The SMILES string of the molecule is CC(C)=C1C=[N+]([O-])[N+]([O-])=C1. The van der Waals surface area contributed by atoms with Crippen molar-refractivity contribution in [1.82, 2.24) is 0 Å². The molecule has 54 valence electrons. The first-order valence-electron chi connectivity index (χ1n) is 2.91. The minimum atomic E-state index is 0.252. The zero-order valence-corrected chi connectivity index (χ0v) is 5.87. The Morgan fingerprint density at radius 3 is 1.80 bits per heavy atom. The van der Waals surface area contributed by atoms with Gasteiger partial charge in [0.25, 0.3) is 12.4 Å². The molecule has 0 radical (unpaired) electrons. The summed E-state index contributed by atoms with van der Waals surface area (Å²) in [6, 6.07) is 0. The zero-order valence-electron chi connectivity index (χ0n) is 5.87. The van der Waals surface area contributed by atoms with Crippen LogP contribution < -0.4 is 0 Å². The summed E-state index contributed by atoms with van der Waals surface area (Å²) in [5.74, 6) is 0. The van der Waals surface area contributed by atoms with Gasteiger partial charge in [-0.1, -0.05) is 5.57 Å². The molecule has 0 amide bonds. The molecule has 4 heteroatoms. The maximum atomic E-state index is 10.5. The molecule has 0 bridgehead atoms. The van der Waals surface area contributed by atoms with Crippen LogP contribution in [-0.4, -0.2) is 22.1 Å². The molecule has 1 rings (SSSR count). The lowest BCUT2D eigenvalue weighted by Gasteiger charge is -1.90. The van der Waals surface area contributed by atoms with Crippen molar-refractivity contribution in [2.75, 3.05) is 0 Å². The fourth-order valence-corrected chi connectivity index (χ4v) is 0.643. The molecule has 1 aliphatic rings. The van der Waals surface area contributed by atoms with Crippen LogP contribution in [0.25, 0.3) is 0 Å². The lowest BCUT2D eigenvalue weighted by Crippen LogP contribution is -2.09. The molecule has 0 spiro atoms. The molecule has 0 fully saturated rings. The molecule has 0 aliphatic carbocycles. The Hall–Kier alpha value is -1.32. The van der Waals surface area contributed by atoms with Crippen molar-refractivity contribution in [3.8, 4) is 0 Å². The average Bonchev–Trinajstić information content (AvgIpc) is 2.13. The second-order valence-corrected chi connectivity index (χ2v) is 2.32. The standard InChI is InChI=1S/C6H8N2O2/c1-5(2)6-3-7(9)8(10)4-6/h3-4H,1-2H3. The van der Waals surface area contributed by atoms with Gasteiger partial charge in [-0.3, -0.25) is 0 Å². The Morgan fingerprint density at radius 2 is 1.60 bits per heavy atom. The van der Waals surface area contributed by atoms with E-state index in [9.17, 15) is 10.4 Å². The Kier molecular flexibility index (Phi) is 1.45. The van der Waals surface area contributed by atoms with Crippen LogP contribution in [0.2, 0.25) is 0 Å². The second kappa shape index (κ2) is 2.13. The van der Waals surface area contributed by atoms with Gasteiger partial charge in [-0.2, -0.15) is 0 Å². The molecular formula is C6H8N2O2. The molecule has 4 nitrogen and oxygen atoms in total. The fourth-order valence-electron chi connectivity index (χ4n) is 0.643. The zero-order chi connectivity index (χ0) is 7.72. The van der Waals surface area contributed by atoms with E-state index in [1.807, 2.05) is 13.8 Å². The van der Waals surface area contributed by atoms with Gasteiger partial charge in [0.1, 0.15) is 5.57 Å². The summed E-state index contributed by atoms with van der Waals surface area (Å²) in [5.41, 5.74) is 1.64. The normalized spacial score (nSPS) is 16.8. The predicted octanol–water partition coefficient (Wildman–Crippen LogP) is 0.414. The maximum absolute atomic E-state index is 10.5. The quantitative estimate of drug-likeness (QED) is 0.361. The van der Waals surface area contributed by atoms with Crippen LogP contribution >= 0.6 is 0 Å². The minimum Gasteiger partial charge on any atom is -0.561 e. The third-order valence-corrected chi connectivity index (χ3v) is 1.27.